The van der Waals surface area contributed by atoms with Crippen LogP contribution in [0.5, 0.6) is 0 Å². The number of hydrazine groups is 1. The summed E-state index contributed by atoms with van der Waals surface area (Å²) < 4.78 is 0. The van der Waals surface area contributed by atoms with Crippen LogP contribution in [0.2, 0.25) is 0 Å². The van der Waals surface area contributed by atoms with Crippen LogP contribution in [0.3, 0.4) is 0 Å². The number of rotatable bonds is 12. The number of H-pyrrole nitrogens is 1. The van der Waals surface area contributed by atoms with Crippen LogP contribution < -0.4 is 16.4 Å². The molecule has 50 heavy (non-hydrogen) atoms. The highest BCUT2D eigenvalue weighted by Gasteiger charge is 2.33. The topological polar surface area (TPSA) is 85.6 Å². The zero-order valence-electron chi connectivity index (χ0n) is 31.0. The Hall–Kier alpha value is -3.19. The van der Waals surface area contributed by atoms with Crippen molar-refractivity contribution in [2.75, 3.05) is 19.6 Å². The largest absolute Gasteiger partial charge is 0.387 e. The third-order valence-electron chi connectivity index (χ3n) is 12.2. The number of likely N-dealkylation sites (tertiary alicyclic amines) is 1. The molecule has 1 aromatic carbocycles. The van der Waals surface area contributed by atoms with E-state index in [1.54, 1.807) is 0 Å². The fourth-order valence-electron chi connectivity index (χ4n) is 8.96. The summed E-state index contributed by atoms with van der Waals surface area (Å²) in [5, 5.41) is 15.1. The predicted octanol–water partition coefficient (Wildman–Crippen LogP) is 7.35. The highest BCUT2D eigenvalue weighted by atomic mass is 16.3. The van der Waals surface area contributed by atoms with Gasteiger partial charge in [-0.1, -0.05) is 81.5 Å². The summed E-state index contributed by atoms with van der Waals surface area (Å²) in [6.07, 6.45) is 24.0. The number of aromatic amines is 1. The van der Waals surface area contributed by atoms with Crippen molar-refractivity contribution in [3.05, 3.63) is 93.7 Å². The van der Waals surface area contributed by atoms with Crippen LogP contribution in [0, 0.1) is 30.6 Å². The van der Waals surface area contributed by atoms with Gasteiger partial charge in [-0.25, -0.2) is 5.84 Å². The molecule has 6 rings (SSSR count). The van der Waals surface area contributed by atoms with E-state index in [0.717, 1.165) is 86.6 Å². The van der Waals surface area contributed by atoms with E-state index in [1.807, 2.05) is 12.1 Å². The molecular formula is C44H62N4O2. The molecule has 0 spiro atoms. The first kappa shape index (κ1) is 36.6. The maximum Gasteiger partial charge on any atom is 0.267 e. The van der Waals surface area contributed by atoms with E-state index >= 15 is 0 Å². The fraction of sp³-hybridized carbons (Fsp3) is 0.568. The molecule has 7 atom stereocenters. The van der Waals surface area contributed by atoms with E-state index in [1.165, 1.54) is 47.4 Å². The summed E-state index contributed by atoms with van der Waals surface area (Å²) in [6.45, 7) is 13.6. The molecular weight excluding hydrogens is 617 g/mol. The maximum absolute atomic E-state index is 13.8. The van der Waals surface area contributed by atoms with Gasteiger partial charge in [-0.2, -0.15) is 0 Å². The number of hydrogen-bond acceptors (Lipinski definition) is 4. The smallest absolute Gasteiger partial charge is 0.267 e. The van der Waals surface area contributed by atoms with Crippen molar-refractivity contribution in [1.29, 1.82) is 0 Å². The zero-order chi connectivity index (χ0) is 35.2. The molecule has 6 nitrogen and oxygen atoms in total. The lowest BCUT2D eigenvalue weighted by Crippen LogP contribution is -2.43. The first-order chi connectivity index (χ1) is 24.2. The summed E-state index contributed by atoms with van der Waals surface area (Å²) in [6, 6.07) is 11.0. The van der Waals surface area contributed by atoms with Crippen molar-refractivity contribution in [3.63, 3.8) is 0 Å². The van der Waals surface area contributed by atoms with Gasteiger partial charge >= 0.3 is 0 Å². The van der Waals surface area contributed by atoms with Gasteiger partial charge in [0.15, 0.2) is 0 Å². The molecule has 2 fully saturated rings. The summed E-state index contributed by atoms with van der Waals surface area (Å²) in [7, 11) is 0. The van der Waals surface area contributed by atoms with Crippen LogP contribution in [0.1, 0.15) is 120 Å². The average Bonchev–Trinajstić information content (AvgIpc) is 3.95. The minimum absolute atomic E-state index is 0.0159. The lowest BCUT2D eigenvalue weighted by Gasteiger charge is -2.37. The predicted molar refractivity (Wildman–Crippen MR) is 206 cm³/mol. The second-order valence-electron chi connectivity index (χ2n) is 16.0. The molecule has 1 saturated carbocycles. The molecule has 270 valence electrons. The quantitative estimate of drug-likeness (QED) is 0.0721. The maximum atomic E-state index is 13.8. The van der Waals surface area contributed by atoms with Crippen molar-refractivity contribution in [2.24, 2.45) is 29.5 Å². The number of hydrogen-bond donors (Lipinski definition) is 3. The Morgan fingerprint density at radius 1 is 1.10 bits per heavy atom. The van der Waals surface area contributed by atoms with Crippen molar-refractivity contribution in [2.45, 2.75) is 116 Å². The number of aliphatic hydroxyl groups excluding tert-OH is 1. The van der Waals surface area contributed by atoms with Gasteiger partial charge in [-0.05, 0) is 148 Å². The number of unbranched alkanes of at least 4 members (excludes halogenated alkanes) is 1. The Kier molecular flexibility index (Phi) is 12.4. The molecule has 7 unspecified atom stereocenters. The van der Waals surface area contributed by atoms with E-state index in [2.05, 4.69) is 85.8 Å². The van der Waals surface area contributed by atoms with E-state index < -0.39 is 6.10 Å². The molecule has 1 saturated heterocycles. The Morgan fingerprint density at radius 3 is 2.72 bits per heavy atom. The van der Waals surface area contributed by atoms with E-state index in [-0.39, 0.29) is 23.8 Å². The molecule has 0 radical (unpaired) electrons. The van der Waals surface area contributed by atoms with Gasteiger partial charge in [-0.15, -0.1) is 0 Å². The molecule has 4 aliphatic rings. The number of nitrogens with zero attached hydrogens (tertiary/aromatic N) is 2. The first-order valence-electron chi connectivity index (χ1n) is 19.7. The zero-order valence-corrected chi connectivity index (χ0v) is 31.0. The van der Waals surface area contributed by atoms with Crippen LogP contribution >= 0.6 is 0 Å². The number of aryl methyl sites for hydroxylation is 1. The number of nitrogens with two attached hydrogens (primary N) is 1. The van der Waals surface area contributed by atoms with Gasteiger partial charge in [0.05, 0.1) is 6.10 Å². The van der Waals surface area contributed by atoms with Crippen molar-refractivity contribution in [1.82, 2.24) is 14.9 Å². The Labute approximate surface area is 300 Å². The third-order valence-corrected chi connectivity index (χ3v) is 12.2. The van der Waals surface area contributed by atoms with Crippen LogP contribution in [0.15, 0.2) is 66.3 Å². The van der Waals surface area contributed by atoms with Crippen LogP contribution in [-0.2, 0) is 4.79 Å². The Morgan fingerprint density at radius 2 is 1.92 bits per heavy atom. The highest BCUT2D eigenvalue weighted by molar-refractivity contribution is 5.96. The van der Waals surface area contributed by atoms with E-state index in [0.29, 0.717) is 24.0 Å². The number of allylic oxidation sites excluding steroid dienone is 2. The van der Waals surface area contributed by atoms with Gasteiger partial charge in [0.25, 0.3) is 5.91 Å². The standard InChI is InChI=1S/C44H62N4O2/c1-30-13-6-5-7-15-34(30)16-10-11-25-48(45)44(50)37-21-22-41(47-24-12-17-35(23-26-47)39-18-9-8-14-31(39)2)38(29-37)27-33(4)43(49)40-28-32(3)42(46-40)36-19-20-36/h7-9,14-15,18,21-22,28-30,33-35,38,41,43,46,49H,3,5-6,10-13,16-17,19-20,23-27,45H2,1-2,4H3. The molecule has 3 aliphatic carbocycles. The number of carbonyl (C=O) groups is 1. The van der Waals surface area contributed by atoms with Gasteiger partial charge in [0.2, 0.25) is 0 Å². The molecule has 0 bridgehead atoms. The SMILES string of the molecule is C=c1cc(C(O)C(C)CC2C=C(C(=O)N(N)CCCCC3C=CCCCC3C)C=CC2N2CCCC(c3ccccc3C)CC2)[nH]c1=C1CC1. The lowest BCUT2D eigenvalue weighted by molar-refractivity contribution is -0.127. The molecule has 1 aliphatic heterocycles. The van der Waals surface area contributed by atoms with E-state index in [4.69, 9.17) is 5.84 Å². The van der Waals surface area contributed by atoms with Crippen molar-refractivity contribution in [3.8, 4) is 0 Å². The van der Waals surface area contributed by atoms with Gasteiger partial charge in [-0.3, -0.25) is 14.7 Å². The van der Waals surface area contributed by atoms with Crippen LogP contribution in [-0.4, -0.2) is 51.6 Å². The molecule has 2 heterocycles. The average molecular weight is 679 g/mol. The van der Waals surface area contributed by atoms with Crippen molar-refractivity contribution >= 4 is 18.1 Å². The highest BCUT2D eigenvalue weighted by Crippen LogP contribution is 2.36. The molecule has 1 aromatic heterocycles. The molecule has 1 amide bonds. The number of carbonyl (C=O) groups excluding carboxylic acids is 1. The lowest BCUT2D eigenvalue weighted by atomic mass is 9.81. The summed E-state index contributed by atoms with van der Waals surface area (Å²) in [5.74, 6) is 8.34. The number of amides is 1. The minimum Gasteiger partial charge on any atom is -0.387 e. The summed E-state index contributed by atoms with van der Waals surface area (Å²) >= 11 is 0. The monoisotopic (exact) mass is 678 g/mol. The van der Waals surface area contributed by atoms with Crippen LogP contribution in [0.4, 0.5) is 0 Å². The number of nitrogens with one attached hydrogen (secondary N) is 1. The van der Waals surface area contributed by atoms with Gasteiger partial charge in [0.1, 0.15) is 0 Å². The van der Waals surface area contributed by atoms with E-state index in [9.17, 15) is 9.90 Å². The van der Waals surface area contributed by atoms with Crippen LogP contribution in [0.25, 0.3) is 12.2 Å². The molecule has 4 N–H and O–H groups in total. The third kappa shape index (κ3) is 8.99. The molecule has 2 aromatic rings. The van der Waals surface area contributed by atoms with Gasteiger partial charge < -0.3 is 10.1 Å². The van der Waals surface area contributed by atoms with Gasteiger partial charge in [0, 0.05) is 29.2 Å². The minimum atomic E-state index is -0.630. The summed E-state index contributed by atoms with van der Waals surface area (Å²) in [5.41, 5.74) is 5.79. The normalized spacial score (nSPS) is 26.9. The number of aliphatic hydroxyl groups is 1. The first-order valence-corrected chi connectivity index (χ1v) is 19.7. The molecule has 6 heteroatoms. The number of benzene rings is 1. The second-order valence-corrected chi connectivity index (χ2v) is 16.0. The Balaban J connectivity index is 1.14. The Bertz CT molecular complexity index is 1660. The van der Waals surface area contributed by atoms with Crippen molar-refractivity contribution < 1.29 is 9.90 Å². The summed E-state index contributed by atoms with van der Waals surface area (Å²) in [4.78, 5) is 19.9. The second kappa shape index (κ2) is 16.9. The fourth-order valence-corrected chi connectivity index (χ4v) is 8.96. The number of aromatic nitrogens is 1.